The summed E-state index contributed by atoms with van der Waals surface area (Å²) in [7, 11) is 0. The lowest BCUT2D eigenvalue weighted by Gasteiger charge is -2.13. The van der Waals surface area contributed by atoms with E-state index in [4.69, 9.17) is 10.00 Å². The quantitative estimate of drug-likeness (QED) is 0.638. The molecule has 6 nitrogen and oxygen atoms in total. The number of hydrogen-bond donors (Lipinski definition) is 1. The van der Waals surface area contributed by atoms with Crippen LogP contribution in [0.4, 0.5) is 5.69 Å². The molecule has 0 radical (unpaired) electrons. The molecule has 8 heteroatoms. The summed E-state index contributed by atoms with van der Waals surface area (Å²) in [6.45, 7) is 1.49. The van der Waals surface area contributed by atoms with E-state index in [-0.39, 0.29) is 6.42 Å². The molecule has 0 spiro atoms. The molecule has 0 saturated carbocycles. The summed E-state index contributed by atoms with van der Waals surface area (Å²) in [5.41, 5.74) is 1.33. The number of esters is 1. The van der Waals surface area contributed by atoms with E-state index < -0.39 is 18.0 Å². The number of aromatic nitrogens is 1. The summed E-state index contributed by atoms with van der Waals surface area (Å²) in [6.07, 6.45) is -0.992. The fraction of sp³-hybridized carbons (Fsp3) is 0.158. The van der Waals surface area contributed by atoms with Crippen LogP contribution in [0, 0.1) is 11.3 Å². The van der Waals surface area contributed by atoms with Crippen LogP contribution in [0.15, 0.2) is 47.2 Å². The van der Waals surface area contributed by atoms with Gasteiger partial charge in [-0.15, -0.1) is 22.7 Å². The normalized spacial score (nSPS) is 11.4. The maximum absolute atomic E-state index is 12.2. The van der Waals surface area contributed by atoms with E-state index in [9.17, 15) is 9.59 Å². The topological polar surface area (TPSA) is 92.1 Å². The molecule has 1 atom stereocenters. The third-order valence-corrected chi connectivity index (χ3v) is 5.52. The van der Waals surface area contributed by atoms with Crippen molar-refractivity contribution in [2.75, 3.05) is 5.32 Å². The Kier molecular flexibility index (Phi) is 5.96. The van der Waals surface area contributed by atoms with Crippen LogP contribution in [-0.4, -0.2) is 23.0 Å². The van der Waals surface area contributed by atoms with Gasteiger partial charge in [-0.05, 0) is 30.5 Å². The van der Waals surface area contributed by atoms with E-state index in [1.165, 1.54) is 18.3 Å². The van der Waals surface area contributed by atoms with Crippen LogP contribution in [-0.2, 0) is 20.7 Å². The highest BCUT2D eigenvalue weighted by Gasteiger charge is 2.20. The summed E-state index contributed by atoms with van der Waals surface area (Å²) in [5.74, 6) is -1.03. The van der Waals surface area contributed by atoms with E-state index in [2.05, 4.69) is 10.3 Å². The molecule has 1 amide bonds. The van der Waals surface area contributed by atoms with Crippen LogP contribution in [0.5, 0.6) is 0 Å². The molecule has 0 bridgehead atoms. The van der Waals surface area contributed by atoms with Gasteiger partial charge in [0.1, 0.15) is 11.1 Å². The van der Waals surface area contributed by atoms with Crippen LogP contribution in [0.25, 0.3) is 9.88 Å². The molecule has 136 valence electrons. The summed E-state index contributed by atoms with van der Waals surface area (Å²) >= 11 is 3.04. The van der Waals surface area contributed by atoms with Gasteiger partial charge < -0.3 is 10.1 Å². The molecule has 27 heavy (non-hydrogen) atoms. The number of ether oxygens (including phenoxy) is 1. The second kappa shape index (κ2) is 8.58. The fourth-order valence-corrected chi connectivity index (χ4v) is 3.90. The number of thiazole rings is 1. The van der Waals surface area contributed by atoms with Gasteiger partial charge in [-0.25, -0.2) is 4.98 Å². The number of thiophene rings is 1. The number of carbonyl (C=O) groups is 2. The monoisotopic (exact) mass is 397 g/mol. The number of amides is 1. The Bertz CT molecular complexity index is 990. The van der Waals surface area contributed by atoms with Crippen molar-refractivity contribution in [3.63, 3.8) is 0 Å². The van der Waals surface area contributed by atoms with Gasteiger partial charge >= 0.3 is 5.97 Å². The maximum atomic E-state index is 12.2. The number of hydrogen-bond acceptors (Lipinski definition) is 7. The third kappa shape index (κ3) is 4.78. The van der Waals surface area contributed by atoms with Gasteiger partial charge in [0.05, 0.1) is 28.2 Å². The minimum atomic E-state index is -0.986. The number of para-hydroxylation sites is 1. The summed E-state index contributed by atoms with van der Waals surface area (Å²) in [6, 6.07) is 12.5. The standard InChI is InChI=1S/C19H15N3O3S2/c1-12(18(24)22-15-6-3-2-5-13(15)10-20)25-17(23)9-14-11-27-19(21-14)16-7-4-8-26-16/h2-8,11-12H,9H2,1H3,(H,22,24). The molecule has 0 saturated heterocycles. The Balaban J connectivity index is 1.56. The van der Waals surface area contributed by atoms with Crippen molar-refractivity contribution in [3.8, 4) is 16.0 Å². The van der Waals surface area contributed by atoms with E-state index in [0.29, 0.717) is 16.9 Å². The molecule has 0 aliphatic carbocycles. The number of carbonyl (C=O) groups excluding carboxylic acids is 2. The minimum Gasteiger partial charge on any atom is -0.452 e. The fourth-order valence-electron chi connectivity index (χ4n) is 2.27. The molecule has 3 aromatic rings. The van der Waals surface area contributed by atoms with Crippen molar-refractivity contribution in [1.82, 2.24) is 4.98 Å². The van der Waals surface area contributed by atoms with Crippen molar-refractivity contribution in [1.29, 1.82) is 5.26 Å². The van der Waals surface area contributed by atoms with Crippen molar-refractivity contribution < 1.29 is 14.3 Å². The number of nitriles is 1. The number of anilines is 1. The van der Waals surface area contributed by atoms with Gasteiger partial charge in [0.2, 0.25) is 0 Å². The predicted molar refractivity (Wildman–Crippen MR) is 104 cm³/mol. The molecule has 2 heterocycles. The van der Waals surface area contributed by atoms with Crippen LogP contribution in [0.2, 0.25) is 0 Å². The largest absolute Gasteiger partial charge is 0.452 e. The van der Waals surface area contributed by atoms with Gasteiger partial charge in [-0.1, -0.05) is 18.2 Å². The Hall–Kier alpha value is -3.02. The van der Waals surface area contributed by atoms with Crippen molar-refractivity contribution in [2.24, 2.45) is 0 Å². The molecular weight excluding hydrogens is 382 g/mol. The molecule has 0 aliphatic heterocycles. The summed E-state index contributed by atoms with van der Waals surface area (Å²) in [4.78, 5) is 29.8. The van der Waals surface area contributed by atoms with Gasteiger partial charge in [0.15, 0.2) is 6.10 Å². The predicted octanol–water partition coefficient (Wildman–Crippen LogP) is 3.86. The van der Waals surface area contributed by atoms with Crippen LogP contribution < -0.4 is 5.32 Å². The lowest BCUT2D eigenvalue weighted by Crippen LogP contribution is -2.30. The Morgan fingerprint density at radius 3 is 2.81 bits per heavy atom. The molecule has 0 aliphatic rings. The number of nitrogens with zero attached hydrogens (tertiary/aromatic N) is 2. The van der Waals surface area contributed by atoms with E-state index >= 15 is 0 Å². The molecule has 1 unspecified atom stereocenters. The highest BCUT2D eigenvalue weighted by Crippen LogP contribution is 2.28. The molecular formula is C19H15N3O3S2. The first-order valence-corrected chi connectivity index (χ1v) is 9.80. The first-order chi connectivity index (χ1) is 13.1. The zero-order valence-electron chi connectivity index (χ0n) is 14.3. The average Bonchev–Trinajstić information content (AvgIpc) is 3.33. The van der Waals surface area contributed by atoms with Gasteiger partial charge in [-0.2, -0.15) is 5.26 Å². The lowest BCUT2D eigenvalue weighted by molar-refractivity contribution is -0.152. The average molecular weight is 397 g/mol. The second-order valence-corrected chi connectivity index (χ2v) is 7.38. The van der Waals surface area contributed by atoms with Crippen LogP contribution in [0.1, 0.15) is 18.2 Å². The van der Waals surface area contributed by atoms with Crippen molar-refractivity contribution in [2.45, 2.75) is 19.4 Å². The lowest BCUT2D eigenvalue weighted by atomic mass is 10.2. The number of rotatable bonds is 6. The minimum absolute atomic E-state index is 0.00568. The summed E-state index contributed by atoms with van der Waals surface area (Å²) < 4.78 is 5.20. The molecule has 3 rings (SSSR count). The van der Waals surface area contributed by atoms with Gasteiger partial charge in [0.25, 0.3) is 5.91 Å². The molecule has 0 fully saturated rings. The molecule has 1 N–H and O–H groups in total. The SMILES string of the molecule is CC(OC(=O)Cc1csc(-c2cccs2)n1)C(=O)Nc1ccccc1C#N. The van der Waals surface area contributed by atoms with E-state index in [1.807, 2.05) is 29.0 Å². The van der Waals surface area contributed by atoms with Crippen LogP contribution in [0.3, 0.4) is 0 Å². The van der Waals surface area contributed by atoms with Crippen LogP contribution >= 0.6 is 22.7 Å². The van der Waals surface area contributed by atoms with E-state index in [0.717, 1.165) is 9.88 Å². The zero-order chi connectivity index (χ0) is 19.2. The maximum Gasteiger partial charge on any atom is 0.312 e. The third-order valence-electron chi connectivity index (χ3n) is 3.59. The highest BCUT2D eigenvalue weighted by molar-refractivity contribution is 7.20. The first kappa shape index (κ1) is 18.8. The summed E-state index contributed by atoms with van der Waals surface area (Å²) in [5, 5.41) is 16.3. The Labute approximate surface area is 164 Å². The molecule has 1 aromatic carbocycles. The smallest absolute Gasteiger partial charge is 0.312 e. The van der Waals surface area contributed by atoms with Gasteiger partial charge in [0, 0.05) is 5.38 Å². The van der Waals surface area contributed by atoms with Gasteiger partial charge in [-0.3, -0.25) is 9.59 Å². The van der Waals surface area contributed by atoms with Crippen molar-refractivity contribution >= 4 is 40.2 Å². The van der Waals surface area contributed by atoms with E-state index in [1.54, 1.807) is 35.6 Å². The Morgan fingerprint density at radius 2 is 2.07 bits per heavy atom. The Morgan fingerprint density at radius 1 is 1.26 bits per heavy atom. The van der Waals surface area contributed by atoms with Crippen molar-refractivity contribution in [3.05, 3.63) is 58.4 Å². The highest BCUT2D eigenvalue weighted by atomic mass is 32.1. The second-order valence-electron chi connectivity index (χ2n) is 5.58. The number of benzene rings is 1. The number of nitrogens with one attached hydrogen (secondary N) is 1. The first-order valence-electron chi connectivity index (χ1n) is 8.04. The molecule has 2 aromatic heterocycles. The zero-order valence-corrected chi connectivity index (χ0v) is 16.0.